The first-order valence-electron chi connectivity index (χ1n) is 7.91. The van der Waals surface area contributed by atoms with E-state index in [1.165, 1.54) is 0 Å². The van der Waals surface area contributed by atoms with Crippen molar-refractivity contribution >= 4 is 17.1 Å². The summed E-state index contributed by atoms with van der Waals surface area (Å²) in [5.74, 6) is -6.76. The molecule has 3 rings (SSSR count). The van der Waals surface area contributed by atoms with Gasteiger partial charge in [0.1, 0.15) is 5.69 Å². The predicted octanol–water partition coefficient (Wildman–Crippen LogP) is 3.31. The molecule has 9 heteroatoms. The second kappa shape index (κ2) is 7.69. The molecule has 2 heterocycles. The molecule has 0 unspecified atom stereocenters. The van der Waals surface area contributed by atoms with Gasteiger partial charge in [-0.1, -0.05) is 12.1 Å². The maximum Gasteiger partial charge on any atom is 0.254 e. The average Bonchev–Trinajstić information content (AvgIpc) is 2.67. The Kier molecular flexibility index (Phi) is 5.36. The van der Waals surface area contributed by atoms with Crippen LogP contribution in [0.25, 0.3) is 0 Å². The van der Waals surface area contributed by atoms with Crippen LogP contribution < -0.4 is 10.3 Å². The number of pyridine rings is 1. The Hall–Kier alpha value is -2.68. The Morgan fingerprint density at radius 3 is 2.19 bits per heavy atom. The molecule has 1 saturated heterocycles. The van der Waals surface area contributed by atoms with Crippen LogP contribution in [0.4, 0.5) is 28.9 Å². The first-order valence-corrected chi connectivity index (χ1v) is 7.91. The van der Waals surface area contributed by atoms with Gasteiger partial charge in [-0.2, -0.15) is 27.6 Å². The fraction of sp³-hybridized carbons (Fsp3) is 0.294. The minimum Gasteiger partial charge on any atom is -0.378 e. The average molecular weight is 368 g/mol. The highest BCUT2D eigenvalue weighted by molar-refractivity contribution is 5.99. The van der Waals surface area contributed by atoms with Crippen LogP contribution in [0.5, 0.6) is 0 Å². The number of morpholine rings is 1. The highest BCUT2D eigenvalue weighted by atomic mass is 19.2. The summed E-state index contributed by atoms with van der Waals surface area (Å²) in [6, 6.07) is 7.39. The molecule has 1 N–H and O–H groups in total. The van der Waals surface area contributed by atoms with Gasteiger partial charge in [-0.3, -0.25) is 5.43 Å². The van der Waals surface area contributed by atoms with E-state index in [2.05, 4.69) is 15.0 Å². The van der Waals surface area contributed by atoms with Gasteiger partial charge in [-0.15, -0.1) is 0 Å². The van der Waals surface area contributed by atoms with E-state index >= 15 is 0 Å². The lowest BCUT2D eigenvalue weighted by molar-refractivity contribution is 0.122. The third kappa shape index (κ3) is 3.77. The van der Waals surface area contributed by atoms with Crippen molar-refractivity contribution in [2.75, 3.05) is 36.6 Å². The summed E-state index contributed by atoms with van der Waals surface area (Å²) in [4.78, 5) is 4.66. The minimum absolute atomic E-state index is 0.384. The molecular weight excluding hydrogens is 352 g/mol. The Morgan fingerprint density at radius 1 is 1.04 bits per heavy atom. The van der Waals surface area contributed by atoms with Crippen molar-refractivity contribution in [1.82, 2.24) is 4.98 Å². The second-order valence-corrected chi connectivity index (χ2v) is 5.65. The lowest BCUT2D eigenvalue weighted by Crippen LogP contribution is -2.36. The highest BCUT2D eigenvalue weighted by Crippen LogP contribution is 2.22. The van der Waals surface area contributed by atoms with Gasteiger partial charge in [0.15, 0.2) is 0 Å². The van der Waals surface area contributed by atoms with E-state index in [1.54, 1.807) is 19.1 Å². The fourth-order valence-electron chi connectivity index (χ4n) is 2.52. The number of hydrazone groups is 1. The van der Waals surface area contributed by atoms with Gasteiger partial charge in [0, 0.05) is 18.8 Å². The standard InChI is InChI=1S/C17H16F4N4O/c1-10(23-24-15-13(18)16(20)22-17(21)14(15)19)11-2-4-12(5-3-11)25-6-8-26-9-7-25/h2-5H,6-9H2,1H3,(H,22,24)/b23-10-. The maximum atomic E-state index is 13.6. The number of nitrogens with zero attached hydrogens (tertiary/aromatic N) is 3. The van der Waals surface area contributed by atoms with Gasteiger partial charge >= 0.3 is 0 Å². The quantitative estimate of drug-likeness (QED) is 0.389. The fourth-order valence-corrected chi connectivity index (χ4v) is 2.52. The van der Waals surface area contributed by atoms with Crippen molar-refractivity contribution in [2.24, 2.45) is 5.10 Å². The van der Waals surface area contributed by atoms with Crippen LogP contribution in [0.15, 0.2) is 29.4 Å². The van der Waals surface area contributed by atoms with Gasteiger partial charge in [-0.05, 0) is 24.6 Å². The Bertz CT molecular complexity index is 794. The van der Waals surface area contributed by atoms with Gasteiger partial charge in [0.25, 0.3) is 11.9 Å². The van der Waals surface area contributed by atoms with E-state index in [-0.39, 0.29) is 0 Å². The molecule has 1 fully saturated rings. The van der Waals surface area contributed by atoms with Gasteiger partial charge in [0.2, 0.25) is 11.6 Å². The van der Waals surface area contributed by atoms with Gasteiger partial charge in [-0.25, -0.2) is 0 Å². The molecule has 26 heavy (non-hydrogen) atoms. The topological polar surface area (TPSA) is 49.8 Å². The monoisotopic (exact) mass is 368 g/mol. The molecule has 0 saturated carbocycles. The van der Waals surface area contributed by atoms with Gasteiger partial charge in [0.05, 0.1) is 18.9 Å². The molecule has 0 atom stereocenters. The number of benzene rings is 1. The number of hydrogen-bond donors (Lipinski definition) is 1. The van der Waals surface area contributed by atoms with Crippen LogP contribution in [-0.4, -0.2) is 37.0 Å². The van der Waals surface area contributed by atoms with E-state index < -0.39 is 29.2 Å². The molecular formula is C17H16F4N4O. The lowest BCUT2D eigenvalue weighted by atomic mass is 10.1. The molecule has 0 radical (unpaired) electrons. The first-order chi connectivity index (χ1) is 12.5. The Labute approximate surface area is 147 Å². The van der Waals surface area contributed by atoms with Crippen molar-refractivity contribution in [2.45, 2.75) is 6.92 Å². The summed E-state index contributed by atoms with van der Waals surface area (Å²) >= 11 is 0. The minimum atomic E-state index is -1.74. The zero-order chi connectivity index (χ0) is 18.7. The van der Waals surface area contributed by atoms with Crippen molar-refractivity contribution in [3.8, 4) is 0 Å². The van der Waals surface area contributed by atoms with Crippen molar-refractivity contribution in [3.05, 3.63) is 53.4 Å². The third-order valence-corrected chi connectivity index (χ3v) is 3.99. The molecule has 0 amide bonds. The van der Waals surface area contributed by atoms with E-state index in [0.29, 0.717) is 24.5 Å². The summed E-state index contributed by atoms with van der Waals surface area (Å²) in [5.41, 5.74) is 3.09. The van der Waals surface area contributed by atoms with Crippen LogP contribution in [-0.2, 0) is 4.74 Å². The number of aromatic nitrogens is 1. The molecule has 138 valence electrons. The van der Waals surface area contributed by atoms with E-state index in [4.69, 9.17) is 4.74 Å². The molecule has 0 spiro atoms. The predicted molar refractivity (Wildman–Crippen MR) is 89.4 cm³/mol. The zero-order valence-corrected chi connectivity index (χ0v) is 13.9. The maximum absolute atomic E-state index is 13.6. The molecule has 1 aromatic carbocycles. The summed E-state index contributed by atoms with van der Waals surface area (Å²) < 4.78 is 58.6. The number of rotatable bonds is 4. The highest BCUT2D eigenvalue weighted by Gasteiger charge is 2.20. The van der Waals surface area contributed by atoms with Crippen LogP contribution in [0.3, 0.4) is 0 Å². The molecule has 0 aliphatic carbocycles. The number of hydrogen-bond acceptors (Lipinski definition) is 5. The molecule has 0 bridgehead atoms. The number of anilines is 2. The smallest absolute Gasteiger partial charge is 0.254 e. The SMILES string of the molecule is C/C(=N/Nc1c(F)c(F)nc(F)c1F)c1ccc(N2CCOCC2)cc1. The van der Waals surface area contributed by atoms with E-state index in [9.17, 15) is 17.6 Å². The zero-order valence-electron chi connectivity index (χ0n) is 13.9. The molecule has 1 aliphatic heterocycles. The van der Waals surface area contributed by atoms with Crippen LogP contribution in [0, 0.1) is 23.5 Å². The first kappa shape index (κ1) is 18.1. The molecule has 1 aromatic heterocycles. The van der Waals surface area contributed by atoms with Crippen LogP contribution in [0.1, 0.15) is 12.5 Å². The second-order valence-electron chi connectivity index (χ2n) is 5.65. The van der Waals surface area contributed by atoms with Crippen LogP contribution >= 0.6 is 0 Å². The number of nitrogens with one attached hydrogen (secondary N) is 1. The van der Waals surface area contributed by atoms with Crippen molar-refractivity contribution < 1.29 is 22.3 Å². The summed E-state index contributed by atoms with van der Waals surface area (Å²) in [5, 5.41) is 3.80. The summed E-state index contributed by atoms with van der Waals surface area (Å²) in [6.45, 7) is 4.53. The summed E-state index contributed by atoms with van der Waals surface area (Å²) in [6.07, 6.45) is 0. The largest absolute Gasteiger partial charge is 0.378 e. The molecule has 2 aromatic rings. The van der Waals surface area contributed by atoms with E-state index in [1.807, 2.05) is 17.6 Å². The Balaban J connectivity index is 1.76. The number of halogens is 4. The van der Waals surface area contributed by atoms with Crippen molar-refractivity contribution in [1.29, 1.82) is 0 Å². The third-order valence-electron chi connectivity index (χ3n) is 3.99. The Morgan fingerprint density at radius 2 is 1.62 bits per heavy atom. The van der Waals surface area contributed by atoms with E-state index in [0.717, 1.165) is 18.8 Å². The van der Waals surface area contributed by atoms with Gasteiger partial charge < -0.3 is 9.64 Å². The lowest BCUT2D eigenvalue weighted by Gasteiger charge is -2.28. The number of ether oxygens (including phenoxy) is 1. The van der Waals surface area contributed by atoms with Crippen molar-refractivity contribution in [3.63, 3.8) is 0 Å². The molecule has 1 aliphatic rings. The van der Waals surface area contributed by atoms with Crippen LogP contribution in [0.2, 0.25) is 0 Å². The molecule has 5 nitrogen and oxygen atoms in total. The summed E-state index contributed by atoms with van der Waals surface area (Å²) in [7, 11) is 0. The normalized spacial score (nSPS) is 15.3.